The summed E-state index contributed by atoms with van der Waals surface area (Å²) in [6.07, 6.45) is 3.02. The van der Waals surface area contributed by atoms with Crippen LogP contribution in [0.5, 0.6) is 0 Å². The van der Waals surface area contributed by atoms with E-state index in [2.05, 4.69) is 10.4 Å². The van der Waals surface area contributed by atoms with Gasteiger partial charge in [0.25, 0.3) is 0 Å². The molecular formula is C13H16FN3S. The van der Waals surface area contributed by atoms with E-state index in [0.717, 1.165) is 37.1 Å². The van der Waals surface area contributed by atoms with Gasteiger partial charge in [0.1, 0.15) is 5.82 Å². The van der Waals surface area contributed by atoms with Crippen LogP contribution in [-0.4, -0.2) is 29.4 Å². The molecule has 1 aliphatic heterocycles. The van der Waals surface area contributed by atoms with Gasteiger partial charge in [0.15, 0.2) is 5.11 Å². The Bertz CT molecular complexity index is 456. The van der Waals surface area contributed by atoms with Crippen LogP contribution in [0.15, 0.2) is 29.4 Å². The third-order valence-electron chi connectivity index (χ3n) is 2.90. The third kappa shape index (κ3) is 3.04. The van der Waals surface area contributed by atoms with Crippen molar-refractivity contribution >= 4 is 23.0 Å². The summed E-state index contributed by atoms with van der Waals surface area (Å²) in [7, 11) is 1.79. The second-order valence-corrected chi connectivity index (χ2v) is 4.58. The van der Waals surface area contributed by atoms with Gasteiger partial charge in [-0.25, -0.2) is 9.40 Å². The second-order valence-electron chi connectivity index (χ2n) is 4.19. The zero-order valence-electron chi connectivity index (χ0n) is 10.3. The number of rotatable bonds is 1. The van der Waals surface area contributed by atoms with Crippen molar-refractivity contribution in [1.82, 2.24) is 10.3 Å². The maximum absolute atomic E-state index is 12.9. The molecule has 5 heteroatoms. The van der Waals surface area contributed by atoms with Crippen molar-refractivity contribution in [3.8, 4) is 0 Å². The van der Waals surface area contributed by atoms with Crippen LogP contribution in [0.25, 0.3) is 0 Å². The lowest BCUT2D eigenvalue weighted by Gasteiger charge is -2.18. The Morgan fingerprint density at radius 3 is 2.72 bits per heavy atom. The molecule has 18 heavy (non-hydrogen) atoms. The molecule has 1 aliphatic rings. The van der Waals surface area contributed by atoms with Gasteiger partial charge in [-0.3, -0.25) is 0 Å². The highest BCUT2D eigenvalue weighted by Crippen LogP contribution is 2.15. The Hall–Kier alpha value is -1.49. The van der Waals surface area contributed by atoms with E-state index in [4.69, 9.17) is 12.2 Å². The van der Waals surface area contributed by atoms with E-state index in [0.29, 0.717) is 5.11 Å². The predicted octanol–water partition coefficient (Wildman–Crippen LogP) is 2.52. The average Bonchev–Trinajstić information content (AvgIpc) is 2.64. The third-order valence-corrected chi connectivity index (χ3v) is 3.32. The normalized spacial score (nSPS) is 15.9. The highest BCUT2D eigenvalue weighted by atomic mass is 32.1. The Morgan fingerprint density at radius 2 is 2.06 bits per heavy atom. The van der Waals surface area contributed by atoms with Gasteiger partial charge in [-0.15, -0.1) is 0 Å². The molecule has 0 spiro atoms. The zero-order chi connectivity index (χ0) is 13.0. The summed E-state index contributed by atoms with van der Waals surface area (Å²) in [6.45, 7) is 0.824. The van der Waals surface area contributed by atoms with E-state index in [1.165, 1.54) is 12.1 Å². The minimum absolute atomic E-state index is 0.226. The van der Waals surface area contributed by atoms with Crippen LogP contribution in [0.1, 0.15) is 24.8 Å². The lowest BCUT2D eigenvalue weighted by Crippen LogP contribution is -2.34. The van der Waals surface area contributed by atoms with Gasteiger partial charge in [-0.05, 0) is 49.2 Å². The highest BCUT2D eigenvalue weighted by Gasteiger charge is 2.14. The molecule has 1 heterocycles. The number of hydrazone groups is 1. The number of nitrogens with zero attached hydrogens (tertiary/aromatic N) is 2. The van der Waals surface area contributed by atoms with Crippen LogP contribution in [-0.2, 0) is 0 Å². The van der Waals surface area contributed by atoms with E-state index in [1.54, 1.807) is 24.2 Å². The fourth-order valence-corrected chi connectivity index (χ4v) is 2.05. The van der Waals surface area contributed by atoms with Gasteiger partial charge < -0.3 is 5.32 Å². The number of benzene rings is 1. The molecule has 0 aliphatic carbocycles. The molecular weight excluding hydrogens is 249 g/mol. The van der Waals surface area contributed by atoms with Crippen molar-refractivity contribution in [1.29, 1.82) is 0 Å². The lowest BCUT2D eigenvalue weighted by atomic mass is 10.1. The SMILES string of the molecule is CNC(=S)N1CCCCC(c2ccc(F)cc2)=N1. The molecule has 96 valence electrons. The molecule has 0 radical (unpaired) electrons. The summed E-state index contributed by atoms with van der Waals surface area (Å²) in [5.74, 6) is -0.226. The van der Waals surface area contributed by atoms with Crippen LogP contribution in [0.2, 0.25) is 0 Å². The largest absolute Gasteiger partial charge is 0.364 e. The molecule has 3 nitrogen and oxygen atoms in total. The molecule has 0 unspecified atom stereocenters. The summed E-state index contributed by atoms with van der Waals surface area (Å²) in [6, 6.07) is 6.45. The van der Waals surface area contributed by atoms with Gasteiger partial charge in [0.05, 0.1) is 5.71 Å². The first kappa shape index (κ1) is 13.0. The maximum Gasteiger partial charge on any atom is 0.189 e. The van der Waals surface area contributed by atoms with Crippen molar-refractivity contribution in [3.05, 3.63) is 35.6 Å². The minimum atomic E-state index is -0.226. The maximum atomic E-state index is 12.9. The standard InChI is InChI=1S/C13H16FN3S/c1-15-13(18)17-9-3-2-4-12(16-17)10-5-7-11(14)8-6-10/h5-8H,2-4,9H2,1H3,(H,15,18). The minimum Gasteiger partial charge on any atom is -0.364 e. The van der Waals surface area contributed by atoms with Gasteiger partial charge in [-0.1, -0.05) is 12.1 Å². The molecule has 0 amide bonds. The second kappa shape index (κ2) is 5.91. The van der Waals surface area contributed by atoms with Crippen molar-refractivity contribution in [2.24, 2.45) is 5.10 Å². The monoisotopic (exact) mass is 265 g/mol. The molecule has 1 N–H and O–H groups in total. The van der Waals surface area contributed by atoms with Crippen LogP contribution in [0, 0.1) is 5.82 Å². The van der Waals surface area contributed by atoms with Gasteiger partial charge in [0.2, 0.25) is 0 Å². The fourth-order valence-electron chi connectivity index (χ4n) is 1.92. The first-order valence-corrected chi connectivity index (χ1v) is 6.44. The van der Waals surface area contributed by atoms with E-state index < -0.39 is 0 Å². The molecule has 0 atom stereocenters. The number of halogens is 1. The Labute approximate surface area is 112 Å². The zero-order valence-corrected chi connectivity index (χ0v) is 11.1. The molecule has 0 aromatic heterocycles. The smallest absolute Gasteiger partial charge is 0.189 e. The Balaban J connectivity index is 2.26. The first-order chi connectivity index (χ1) is 8.70. The summed E-state index contributed by atoms with van der Waals surface area (Å²) in [5.41, 5.74) is 1.92. The van der Waals surface area contributed by atoms with Crippen molar-refractivity contribution in [2.75, 3.05) is 13.6 Å². The highest BCUT2D eigenvalue weighted by molar-refractivity contribution is 7.80. The summed E-state index contributed by atoms with van der Waals surface area (Å²) < 4.78 is 12.9. The van der Waals surface area contributed by atoms with Crippen molar-refractivity contribution in [3.63, 3.8) is 0 Å². The van der Waals surface area contributed by atoms with Crippen LogP contribution >= 0.6 is 12.2 Å². The topological polar surface area (TPSA) is 27.6 Å². The van der Waals surface area contributed by atoms with Crippen molar-refractivity contribution in [2.45, 2.75) is 19.3 Å². The molecule has 0 bridgehead atoms. The molecule has 2 rings (SSSR count). The quantitative estimate of drug-likeness (QED) is 0.791. The molecule has 0 saturated carbocycles. The predicted molar refractivity (Wildman–Crippen MR) is 75.2 cm³/mol. The summed E-state index contributed by atoms with van der Waals surface area (Å²) in [5, 5.41) is 9.93. The molecule has 0 fully saturated rings. The van der Waals surface area contributed by atoms with E-state index >= 15 is 0 Å². The van der Waals surface area contributed by atoms with E-state index in [9.17, 15) is 4.39 Å². The van der Waals surface area contributed by atoms with Crippen LogP contribution < -0.4 is 5.32 Å². The molecule has 0 saturated heterocycles. The number of hydrogen-bond donors (Lipinski definition) is 1. The van der Waals surface area contributed by atoms with Gasteiger partial charge in [-0.2, -0.15) is 5.10 Å². The van der Waals surface area contributed by atoms with E-state index in [1.807, 2.05) is 0 Å². The number of hydrogen-bond acceptors (Lipinski definition) is 2. The first-order valence-electron chi connectivity index (χ1n) is 6.03. The van der Waals surface area contributed by atoms with Crippen molar-refractivity contribution < 1.29 is 4.39 Å². The Kier molecular flexibility index (Phi) is 4.25. The van der Waals surface area contributed by atoms with Gasteiger partial charge in [0, 0.05) is 13.6 Å². The van der Waals surface area contributed by atoms with Crippen LogP contribution in [0.4, 0.5) is 4.39 Å². The van der Waals surface area contributed by atoms with E-state index in [-0.39, 0.29) is 5.82 Å². The fraction of sp³-hybridized carbons (Fsp3) is 0.385. The summed E-state index contributed by atoms with van der Waals surface area (Å²) in [4.78, 5) is 0. The van der Waals surface area contributed by atoms with Crippen LogP contribution in [0.3, 0.4) is 0 Å². The Morgan fingerprint density at radius 1 is 1.33 bits per heavy atom. The number of nitrogens with one attached hydrogen (secondary N) is 1. The van der Waals surface area contributed by atoms with Gasteiger partial charge >= 0.3 is 0 Å². The molecule has 1 aromatic carbocycles. The summed E-state index contributed by atoms with van der Waals surface area (Å²) >= 11 is 5.21. The number of thiocarbonyl (C=S) groups is 1. The molecule has 1 aromatic rings. The lowest BCUT2D eigenvalue weighted by molar-refractivity contribution is 0.437. The average molecular weight is 265 g/mol.